The van der Waals surface area contributed by atoms with Gasteiger partial charge in [-0.25, -0.2) is 4.79 Å². The van der Waals surface area contributed by atoms with Crippen LogP contribution in [0.3, 0.4) is 0 Å². The molecular formula is C17H20N2O2. The summed E-state index contributed by atoms with van der Waals surface area (Å²) in [5, 5.41) is 0.681. The van der Waals surface area contributed by atoms with Crippen LogP contribution in [0.25, 0.3) is 10.9 Å². The number of fused-ring (bicyclic) bond motifs is 3. The first-order valence-corrected chi connectivity index (χ1v) is 7.41. The lowest BCUT2D eigenvalue weighted by atomic mass is 10.0. The predicted molar refractivity (Wildman–Crippen MR) is 81.3 cm³/mol. The van der Waals surface area contributed by atoms with E-state index in [1.165, 1.54) is 0 Å². The fourth-order valence-electron chi connectivity index (χ4n) is 3.60. The Labute approximate surface area is 129 Å². The van der Waals surface area contributed by atoms with Crippen molar-refractivity contribution < 1.29 is 15.0 Å². The van der Waals surface area contributed by atoms with E-state index in [9.17, 15) is 4.79 Å². The molecule has 0 spiro atoms. The second-order valence-corrected chi connectivity index (χ2v) is 5.96. The Morgan fingerprint density at radius 3 is 2.90 bits per heavy atom. The largest absolute Gasteiger partial charge is 0.459 e. The molecule has 2 aromatic rings. The van der Waals surface area contributed by atoms with Gasteiger partial charge in [-0.1, -0.05) is 18.2 Å². The molecular weight excluding hydrogens is 264 g/mol. The molecule has 110 valence electrons. The summed E-state index contributed by atoms with van der Waals surface area (Å²) < 4.78 is 36.8. The number of nitrogens with zero attached hydrogens (tertiary/aromatic N) is 1. The molecule has 0 radical (unpaired) electrons. The van der Waals surface area contributed by atoms with E-state index in [0.29, 0.717) is 18.2 Å². The van der Waals surface area contributed by atoms with Crippen LogP contribution in [-0.4, -0.2) is 41.0 Å². The van der Waals surface area contributed by atoms with Gasteiger partial charge >= 0.3 is 5.97 Å². The predicted octanol–water partition coefficient (Wildman–Crippen LogP) is 2.95. The third-order valence-electron chi connectivity index (χ3n) is 4.69. The Kier molecular flexibility index (Phi) is 2.15. The lowest BCUT2D eigenvalue weighted by Gasteiger charge is -2.35. The number of ether oxygens (including phenoxy) is 1. The highest BCUT2D eigenvalue weighted by Gasteiger charge is 2.40. The van der Waals surface area contributed by atoms with Gasteiger partial charge in [0.15, 0.2) is 0 Å². The van der Waals surface area contributed by atoms with Crippen molar-refractivity contribution >= 4 is 16.9 Å². The molecule has 2 aliphatic rings. The molecule has 3 heterocycles. The SMILES string of the molecule is [2H]c1[nH]c2ccccc2c1C(=O)OC1C[C@H]2CC[C@@H](C1)N2C([2H])([2H])[2H]. The van der Waals surface area contributed by atoms with Crippen LogP contribution in [0.4, 0.5) is 0 Å². The molecule has 4 heteroatoms. The molecule has 2 fully saturated rings. The molecule has 4 nitrogen and oxygen atoms in total. The molecule has 0 saturated carbocycles. The highest BCUT2D eigenvalue weighted by atomic mass is 16.5. The summed E-state index contributed by atoms with van der Waals surface area (Å²) in [6.45, 7) is -2.09. The van der Waals surface area contributed by atoms with Crippen LogP contribution >= 0.6 is 0 Å². The second kappa shape index (κ2) is 4.88. The van der Waals surface area contributed by atoms with Crippen LogP contribution < -0.4 is 0 Å². The fraction of sp³-hybridized carbons (Fsp3) is 0.471. The van der Waals surface area contributed by atoms with E-state index in [1.807, 2.05) is 18.2 Å². The minimum atomic E-state index is -2.09. The number of aromatic nitrogens is 1. The molecule has 4 rings (SSSR count). The van der Waals surface area contributed by atoms with Crippen molar-refractivity contribution in [2.45, 2.75) is 43.9 Å². The van der Waals surface area contributed by atoms with E-state index in [0.717, 1.165) is 18.4 Å². The number of hydrogen-bond acceptors (Lipinski definition) is 3. The minimum absolute atomic E-state index is 0.0501. The van der Waals surface area contributed by atoms with E-state index in [1.54, 1.807) is 11.0 Å². The van der Waals surface area contributed by atoms with Gasteiger partial charge in [0.2, 0.25) is 0 Å². The van der Waals surface area contributed by atoms with Crippen LogP contribution in [0.15, 0.2) is 30.4 Å². The van der Waals surface area contributed by atoms with E-state index in [2.05, 4.69) is 4.98 Å². The third-order valence-corrected chi connectivity index (χ3v) is 4.69. The lowest BCUT2D eigenvalue weighted by Crippen LogP contribution is -2.43. The lowest BCUT2D eigenvalue weighted by molar-refractivity contribution is -0.000258. The van der Waals surface area contributed by atoms with Gasteiger partial charge in [0, 0.05) is 46.1 Å². The van der Waals surface area contributed by atoms with Gasteiger partial charge in [-0.05, 0) is 25.9 Å². The zero-order valence-corrected chi connectivity index (χ0v) is 11.6. The summed E-state index contributed by atoms with van der Waals surface area (Å²) in [7, 11) is 0. The van der Waals surface area contributed by atoms with Crippen molar-refractivity contribution in [3.63, 3.8) is 0 Å². The van der Waals surface area contributed by atoms with Crippen molar-refractivity contribution in [2.75, 3.05) is 6.98 Å². The third kappa shape index (κ3) is 2.14. The van der Waals surface area contributed by atoms with Crippen LogP contribution in [-0.2, 0) is 4.74 Å². The molecule has 2 bridgehead atoms. The number of para-hydroxylation sites is 1. The monoisotopic (exact) mass is 288 g/mol. The number of carbonyl (C=O) groups is 1. The van der Waals surface area contributed by atoms with Crippen LogP contribution in [0, 0.1) is 0 Å². The Balaban J connectivity index is 1.52. The quantitative estimate of drug-likeness (QED) is 0.864. The van der Waals surface area contributed by atoms with Crippen molar-refractivity contribution in [2.24, 2.45) is 0 Å². The van der Waals surface area contributed by atoms with Crippen molar-refractivity contribution in [3.8, 4) is 0 Å². The normalized spacial score (nSPS) is 32.3. The molecule has 3 atom stereocenters. The molecule has 1 aromatic heterocycles. The summed E-state index contributed by atoms with van der Waals surface area (Å²) in [6.07, 6.45) is 2.49. The maximum atomic E-state index is 12.6. The number of rotatable bonds is 2. The van der Waals surface area contributed by atoms with Crippen LogP contribution in [0.1, 0.15) is 41.5 Å². The van der Waals surface area contributed by atoms with Gasteiger partial charge in [-0.15, -0.1) is 0 Å². The summed E-state index contributed by atoms with van der Waals surface area (Å²) in [5.41, 5.74) is 0.984. The molecule has 0 amide bonds. The Morgan fingerprint density at radius 2 is 2.14 bits per heavy atom. The average Bonchev–Trinajstić information content (AvgIpc) is 3.01. The number of H-pyrrole nitrogens is 1. The topological polar surface area (TPSA) is 45.3 Å². The summed E-state index contributed by atoms with van der Waals surface area (Å²) in [5.74, 6) is -0.505. The maximum Gasteiger partial charge on any atom is 0.340 e. The molecule has 1 aromatic carbocycles. The number of esters is 1. The number of aromatic amines is 1. The Hall–Kier alpha value is -1.81. The number of nitrogens with one attached hydrogen (secondary N) is 1. The van der Waals surface area contributed by atoms with Crippen LogP contribution in [0.2, 0.25) is 0 Å². The Morgan fingerprint density at radius 1 is 1.38 bits per heavy atom. The molecule has 0 aliphatic carbocycles. The van der Waals surface area contributed by atoms with Crippen molar-refractivity contribution in [1.82, 2.24) is 9.88 Å². The number of piperidine rings is 1. The van der Waals surface area contributed by atoms with E-state index >= 15 is 0 Å². The number of carbonyl (C=O) groups excluding carboxylic acids is 1. The zero-order chi connectivity index (χ0) is 17.8. The van der Waals surface area contributed by atoms with E-state index in [-0.39, 0.29) is 29.9 Å². The fourth-order valence-corrected chi connectivity index (χ4v) is 3.60. The van der Waals surface area contributed by atoms with Crippen molar-refractivity contribution in [3.05, 3.63) is 36.0 Å². The number of hydrogen-bond donors (Lipinski definition) is 1. The first kappa shape index (κ1) is 9.26. The van der Waals surface area contributed by atoms with Gasteiger partial charge < -0.3 is 14.6 Å². The Bertz CT molecular complexity index is 803. The molecule has 2 aliphatic heterocycles. The van der Waals surface area contributed by atoms with E-state index < -0.39 is 12.9 Å². The van der Waals surface area contributed by atoms with Crippen LogP contribution in [0.5, 0.6) is 0 Å². The standard InChI is InChI=1S/C17H20N2O2/c1-19-11-6-7-12(19)9-13(8-11)21-17(20)15-10-18-16-5-3-2-4-14(15)16/h2-5,10-13,18H,6-9H2,1H3/t11-,12+,13?/i1D3,10D. The van der Waals surface area contributed by atoms with Gasteiger partial charge in [0.05, 0.1) is 6.93 Å². The molecule has 21 heavy (non-hydrogen) atoms. The summed E-state index contributed by atoms with van der Waals surface area (Å²) in [4.78, 5) is 17.1. The van der Waals surface area contributed by atoms with Crippen molar-refractivity contribution in [1.29, 1.82) is 0 Å². The first-order valence-electron chi connectivity index (χ1n) is 9.41. The highest BCUT2D eigenvalue weighted by Crippen LogP contribution is 2.35. The maximum absolute atomic E-state index is 12.6. The minimum Gasteiger partial charge on any atom is -0.459 e. The van der Waals surface area contributed by atoms with Gasteiger partial charge in [-0.3, -0.25) is 0 Å². The molecule has 2 saturated heterocycles. The molecule has 1 unspecified atom stereocenters. The van der Waals surface area contributed by atoms with Gasteiger partial charge in [-0.2, -0.15) is 0 Å². The zero-order valence-electron chi connectivity index (χ0n) is 15.6. The van der Waals surface area contributed by atoms with E-state index in [4.69, 9.17) is 10.2 Å². The first-order chi connectivity index (χ1) is 11.8. The van der Waals surface area contributed by atoms with Gasteiger partial charge in [0.25, 0.3) is 0 Å². The second-order valence-electron chi connectivity index (χ2n) is 5.96. The average molecular weight is 288 g/mol. The highest BCUT2D eigenvalue weighted by molar-refractivity contribution is 6.04. The molecule has 1 N–H and O–H groups in total. The summed E-state index contributed by atoms with van der Waals surface area (Å²) >= 11 is 0. The number of benzene rings is 1. The smallest absolute Gasteiger partial charge is 0.340 e. The summed E-state index contributed by atoms with van der Waals surface area (Å²) in [6, 6.07) is 7.14. The van der Waals surface area contributed by atoms with Gasteiger partial charge in [0.1, 0.15) is 6.10 Å².